The van der Waals surface area contributed by atoms with Crippen molar-refractivity contribution in [3.05, 3.63) is 0 Å². The zero-order valence-corrected chi connectivity index (χ0v) is 12.2. The first-order chi connectivity index (χ1) is 9.43. The molecule has 0 N–H and O–H groups in total. The zero-order valence-electron chi connectivity index (χ0n) is 12.2. The third kappa shape index (κ3) is 3.56. The van der Waals surface area contributed by atoms with E-state index in [0.717, 1.165) is 38.5 Å². The standard InChI is InChI=1S/C16H25F3O/c1-2-11-6-5-7-12(10-11)15(20)13-8-3-4-9-14(13)16(17,18)19/h11-14H,2-10H2,1H3. The van der Waals surface area contributed by atoms with E-state index >= 15 is 0 Å². The van der Waals surface area contributed by atoms with Gasteiger partial charge in [-0.25, -0.2) is 0 Å². The molecular formula is C16H25F3O. The molecule has 0 heterocycles. The minimum Gasteiger partial charge on any atom is -0.299 e. The highest BCUT2D eigenvalue weighted by Gasteiger charge is 2.49. The van der Waals surface area contributed by atoms with E-state index in [0.29, 0.717) is 18.8 Å². The van der Waals surface area contributed by atoms with Gasteiger partial charge in [-0.1, -0.05) is 39.0 Å². The lowest BCUT2D eigenvalue weighted by atomic mass is 9.69. The van der Waals surface area contributed by atoms with Gasteiger partial charge in [0.1, 0.15) is 5.78 Å². The molecule has 2 saturated carbocycles. The molecule has 0 amide bonds. The lowest BCUT2D eigenvalue weighted by molar-refractivity contribution is -0.198. The average molecular weight is 290 g/mol. The quantitative estimate of drug-likeness (QED) is 0.703. The fourth-order valence-electron chi connectivity index (χ4n) is 4.09. The van der Waals surface area contributed by atoms with E-state index < -0.39 is 18.0 Å². The lowest BCUT2D eigenvalue weighted by Gasteiger charge is -2.36. The van der Waals surface area contributed by atoms with E-state index in [1.54, 1.807) is 0 Å². The second-order valence-corrected chi connectivity index (χ2v) is 6.58. The molecule has 2 aliphatic rings. The van der Waals surface area contributed by atoms with Gasteiger partial charge in [-0.15, -0.1) is 0 Å². The summed E-state index contributed by atoms with van der Waals surface area (Å²) in [6, 6.07) is 0. The van der Waals surface area contributed by atoms with E-state index in [2.05, 4.69) is 6.92 Å². The van der Waals surface area contributed by atoms with Crippen LogP contribution in [0.5, 0.6) is 0 Å². The van der Waals surface area contributed by atoms with E-state index in [9.17, 15) is 18.0 Å². The average Bonchev–Trinajstić information content (AvgIpc) is 2.45. The first-order valence-corrected chi connectivity index (χ1v) is 8.04. The SMILES string of the molecule is CCC1CCCC(C(=O)C2CCCCC2C(F)(F)F)C1. The zero-order chi connectivity index (χ0) is 14.8. The van der Waals surface area contributed by atoms with Crippen molar-refractivity contribution in [3.8, 4) is 0 Å². The Labute approximate surface area is 119 Å². The summed E-state index contributed by atoms with van der Waals surface area (Å²) < 4.78 is 39.3. The Morgan fingerprint density at radius 1 is 1.05 bits per heavy atom. The molecule has 0 bridgehead atoms. The normalized spacial score (nSPS) is 35.8. The maximum absolute atomic E-state index is 13.1. The lowest BCUT2D eigenvalue weighted by Crippen LogP contribution is -2.40. The molecule has 0 aromatic rings. The van der Waals surface area contributed by atoms with Crippen LogP contribution in [-0.4, -0.2) is 12.0 Å². The van der Waals surface area contributed by atoms with Gasteiger partial charge in [-0.2, -0.15) is 13.2 Å². The van der Waals surface area contributed by atoms with Gasteiger partial charge >= 0.3 is 6.18 Å². The van der Waals surface area contributed by atoms with Crippen LogP contribution in [0.25, 0.3) is 0 Å². The molecule has 0 saturated heterocycles. The van der Waals surface area contributed by atoms with Gasteiger partial charge < -0.3 is 0 Å². The summed E-state index contributed by atoms with van der Waals surface area (Å²) in [5.74, 6) is -1.80. The Morgan fingerprint density at radius 3 is 2.40 bits per heavy atom. The first-order valence-electron chi connectivity index (χ1n) is 8.04. The fraction of sp³-hybridized carbons (Fsp3) is 0.938. The monoisotopic (exact) mass is 290 g/mol. The van der Waals surface area contributed by atoms with Crippen molar-refractivity contribution in [1.29, 1.82) is 0 Å². The topological polar surface area (TPSA) is 17.1 Å². The summed E-state index contributed by atoms with van der Waals surface area (Å²) in [7, 11) is 0. The van der Waals surface area contributed by atoms with Crippen LogP contribution in [0.2, 0.25) is 0 Å². The van der Waals surface area contributed by atoms with E-state index in [-0.39, 0.29) is 18.1 Å². The number of ketones is 1. The number of carbonyl (C=O) groups excluding carboxylic acids is 1. The van der Waals surface area contributed by atoms with Crippen LogP contribution in [0.1, 0.15) is 64.7 Å². The Balaban J connectivity index is 2.05. The summed E-state index contributed by atoms with van der Waals surface area (Å²) in [6.07, 6.45) is 2.54. The van der Waals surface area contributed by atoms with Crippen LogP contribution in [0.15, 0.2) is 0 Å². The summed E-state index contributed by atoms with van der Waals surface area (Å²) in [5, 5.41) is 0. The minimum atomic E-state index is -4.21. The Hall–Kier alpha value is -0.540. The number of halogens is 3. The van der Waals surface area contributed by atoms with Crippen molar-refractivity contribution in [2.75, 3.05) is 0 Å². The first kappa shape index (κ1) is 15.8. The molecular weight excluding hydrogens is 265 g/mol. The molecule has 0 spiro atoms. The van der Waals surface area contributed by atoms with Gasteiger partial charge in [0.25, 0.3) is 0 Å². The molecule has 4 unspecified atom stereocenters. The van der Waals surface area contributed by atoms with Crippen molar-refractivity contribution in [3.63, 3.8) is 0 Å². The summed E-state index contributed by atoms with van der Waals surface area (Å²) in [6.45, 7) is 2.11. The molecule has 0 aromatic carbocycles. The van der Waals surface area contributed by atoms with Gasteiger partial charge in [0.2, 0.25) is 0 Å². The molecule has 4 heteroatoms. The molecule has 2 fully saturated rings. The van der Waals surface area contributed by atoms with Crippen molar-refractivity contribution in [1.82, 2.24) is 0 Å². The smallest absolute Gasteiger partial charge is 0.299 e. The van der Waals surface area contributed by atoms with Crippen LogP contribution in [0, 0.1) is 23.7 Å². The summed E-state index contributed by atoms with van der Waals surface area (Å²) >= 11 is 0. The van der Waals surface area contributed by atoms with Crippen LogP contribution < -0.4 is 0 Å². The van der Waals surface area contributed by atoms with Crippen LogP contribution in [0.3, 0.4) is 0 Å². The number of rotatable bonds is 3. The molecule has 0 aromatic heterocycles. The van der Waals surface area contributed by atoms with Crippen LogP contribution in [0.4, 0.5) is 13.2 Å². The number of carbonyl (C=O) groups is 1. The van der Waals surface area contributed by atoms with Gasteiger partial charge in [-0.3, -0.25) is 4.79 Å². The van der Waals surface area contributed by atoms with Gasteiger partial charge in [0.05, 0.1) is 5.92 Å². The van der Waals surface area contributed by atoms with Gasteiger partial charge in [-0.05, 0) is 31.6 Å². The van der Waals surface area contributed by atoms with E-state index in [1.807, 2.05) is 0 Å². The van der Waals surface area contributed by atoms with E-state index in [1.165, 1.54) is 0 Å². The van der Waals surface area contributed by atoms with Crippen LogP contribution in [-0.2, 0) is 4.79 Å². The second-order valence-electron chi connectivity index (χ2n) is 6.58. The Bertz CT molecular complexity index is 337. The third-order valence-electron chi connectivity index (χ3n) is 5.31. The minimum absolute atomic E-state index is 0.0785. The maximum atomic E-state index is 13.1. The summed E-state index contributed by atoms with van der Waals surface area (Å²) in [5.41, 5.74) is 0. The number of alkyl halides is 3. The predicted molar refractivity (Wildman–Crippen MR) is 72.2 cm³/mol. The highest BCUT2D eigenvalue weighted by atomic mass is 19.4. The molecule has 116 valence electrons. The number of hydrogen-bond acceptors (Lipinski definition) is 1. The molecule has 2 rings (SSSR count). The molecule has 1 nitrogen and oxygen atoms in total. The van der Waals surface area contributed by atoms with Crippen molar-refractivity contribution >= 4 is 5.78 Å². The van der Waals surface area contributed by atoms with Gasteiger partial charge in [0.15, 0.2) is 0 Å². The van der Waals surface area contributed by atoms with Crippen molar-refractivity contribution in [2.24, 2.45) is 23.7 Å². The fourth-order valence-corrected chi connectivity index (χ4v) is 4.09. The number of Topliss-reactive ketones (excluding diaryl/α,β-unsaturated/α-hetero) is 1. The largest absolute Gasteiger partial charge is 0.392 e. The van der Waals surface area contributed by atoms with E-state index in [4.69, 9.17) is 0 Å². The molecule has 4 atom stereocenters. The third-order valence-corrected chi connectivity index (χ3v) is 5.31. The summed E-state index contributed by atoms with van der Waals surface area (Å²) in [4.78, 5) is 12.6. The second kappa shape index (κ2) is 6.48. The molecule has 0 radical (unpaired) electrons. The Kier molecular flexibility index (Phi) is 5.14. The van der Waals surface area contributed by atoms with Crippen molar-refractivity contribution < 1.29 is 18.0 Å². The predicted octanol–water partition coefficient (Wildman–Crippen LogP) is 5.14. The van der Waals surface area contributed by atoms with Crippen LogP contribution >= 0.6 is 0 Å². The molecule has 2 aliphatic carbocycles. The van der Waals surface area contributed by atoms with Gasteiger partial charge in [0, 0.05) is 11.8 Å². The number of hydrogen-bond donors (Lipinski definition) is 0. The molecule has 20 heavy (non-hydrogen) atoms. The Morgan fingerprint density at radius 2 is 1.75 bits per heavy atom. The maximum Gasteiger partial charge on any atom is 0.392 e. The highest BCUT2D eigenvalue weighted by molar-refractivity contribution is 5.84. The highest BCUT2D eigenvalue weighted by Crippen LogP contribution is 2.44. The molecule has 0 aliphatic heterocycles. The van der Waals surface area contributed by atoms with Crippen molar-refractivity contribution in [2.45, 2.75) is 70.9 Å².